The molecule has 2 heteroatoms. The zero-order chi connectivity index (χ0) is 15.8. The summed E-state index contributed by atoms with van der Waals surface area (Å²) in [6.07, 6.45) is 13.3. The van der Waals surface area contributed by atoms with Crippen LogP contribution in [0.1, 0.15) is 57.6 Å². The van der Waals surface area contributed by atoms with Gasteiger partial charge in [0, 0.05) is 24.2 Å². The van der Waals surface area contributed by atoms with Gasteiger partial charge in [0.25, 0.3) is 0 Å². The summed E-state index contributed by atoms with van der Waals surface area (Å²) in [5, 5.41) is 0.790. The van der Waals surface area contributed by atoms with Gasteiger partial charge in [0.05, 0.1) is 5.52 Å². The molecule has 0 saturated heterocycles. The minimum absolute atomic E-state index is 0.105. The van der Waals surface area contributed by atoms with Crippen LogP contribution in [0.25, 0.3) is 17.0 Å². The molecule has 0 bridgehead atoms. The van der Waals surface area contributed by atoms with Gasteiger partial charge in [0.1, 0.15) is 0 Å². The number of allylic oxidation sites excluding steroid dienone is 1. The predicted molar refractivity (Wildman–Crippen MR) is 96.2 cm³/mol. The van der Waals surface area contributed by atoms with Crippen molar-refractivity contribution in [1.82, 2.24) is 4.57 Å². The molecule has 0 aliphatic heterocycles. The third-order valence-electron chi connectivity index (χ3n) is 4.21. The van der Waals surface area contributed by atoms with Gasteiger partial charge in [-0.1, -0.05) is 57.2 Å². The number of benzene rings is 1. The molecule has 0 fully saturated rings. The van der Waals surface area contributed by atoms with E-state index in [1.165, 1.54) is 38.5 Å². The molecule has 0 N–H and O–H groups in total. The highest BCUT2D eigenvalue weighted by Crippen LogP contribution is 2.13. The van der Waals surface area contributed by atoms with E-state index < -0.39 is 0 Å². The Morgan fingerprint density at radius 1 is 1.05 bits per heavy atom. The Morgan fingerprint density at radius 2 is 1.77 bits per heavy atom. The molecule has 0 aliphatic rings. The fraction of sp³-hybridized carbons (Fsp3) is 0.450. The summed E-state index contributed by atoms with van der Waals surface area (Å²) in [5.74, 6) is 0. The lowest BCUT2D eigenvalue weighted by atomic mass is 10.1. The number of para-hydroxylation sites is 1. The number of aromatic nitrogens is 1. The maximum Gasteiger partial charge on any atom is 0.190 e. The van der Waals surface area contributed by atoms with Crippen LogP contribution in [0.4, 0.5) is 0 Å². The average Bonchev–Trinajstić information content (AvgIpc) is 2.54. The van der Waals surface area contributed by atoms with Crippen LogP contribution in [0.2, 0.25) is 0 Å². The highest BCUT2D eigenvalue weighted by Gasteiger charge is 2.03. The Kier molecular flexibility index (Phi) is 6.45. The second kappa shape index (κ2) is 8.57. The molecular formula is C20H27NO. The molecule has 2 nitrogen and oxygen atoms in total. The minimum Gasteiger partial charge on any atom is -0.344 e. The molecule has 0 spiro atoms. The summed E-state index contributed by atoms with van der Waals surface area (Å²) < 4.78 is 2.09. The molecule has 0 aliphatic carbocycles. The Hall–Kier alpha value is -1.83. The number of hydrogen-bond acceptors (Lipinski definition) is 1. The molecule has 0 atom stereocenters. The summed E-state index contributed by atoms with van der Waals surface area (Å²) in [6.45, 7) is 2.25. The Labute approximate surface area is 133 Å². The van der Waals surface area contributed by atoms with Gasteiger partial charge in [-0.2, -0.15) is 0 Å². The van der Waals surface area contributed by atoms with Gasteiger partial charge >= 0.3 is 0 Å². The molecule has 1 heterocycles. The van der Waals surface area contributed by atoms with Crippen molar-refractivity contribution in [2.45, 2.75) is 51.9 Å². The van der Waals surface area contributed by atoms with Crippen LogP contribution in [-0.4, -0.2) is 4.57 Å². The number of rotatable bonds is 8. The van der Waals surface area contributed by atoms with Gasteiger partial charge in [-0.15, -0.1) is 0 Å². The zero-order valence-corrected chi connectivity index (χ0v) is 13.8. The number of unbranched alkanes of at least 4 members (excludes halogenated alkanes) is 6. The van der Waals surface area contributed by atoms with Gasteiger partial charge in [0.2, 0.25) is 0 Å². The molecule has 1 aromatic heterocycles. The standard InChI is InChI=1S/C20H27NO/c1-3-4-5-6-7-8-9-10-13-17-16-20(22)18-14-11-12-15-19(18)21(17)2/h10-16H,3-9H2,1-2H3/b13-10+. The third-order valence-corrected chi connectivity index (χ3v) is 4.21. The summed E-state index contributed by atoms with van der Waals surface area (Å²) in [4.78, 5) is 12.1. The highest BCUT2D eigenvalue weighted by molar-refractivity contribution is 5.80. The van der Waals surface area contributed by atoms with E-state index in [4.69, 9.17) is 0 Å². The smallest absolute Gasteiger partial charge is 0.190 e. The second-order valence-electron chi connectivity index (χ2n) is 5.97. The molecule has 0 radical (unpaired) electrons. The van der Waals surface area contributed by atoms with Crippen molar-refractivity contribution in [3.05, 3.63) is 52.3 Å². The van der Waals surface area contributed by atoms with E-state index in [0.29, 0.717) is 0 Å². The largest absolute Gasteiger partial charge is 0.344 e. The topological polar surface area (TPSA) is 22.0 Å². The first-order chi connectivity index (χ1) is 10.7. The van der Waals surface area contributed by atoms with E-state index in [0.717, 1.165) is 23.0 Å². The van der Waals surface area contributed by atoms with Crippen LogP contribution < -0.4 is 5.43 Å². The SMILES string of the molecule is CCCCCCCC/C=C/c1cc(=O)c2ccccc2n1C. The first-order valence-corrected chi connectivity index (χ1v) is 8.49. The van der Waals surface area contributed by atoms with Gasteiger partial charge in [-0.3, -0.25) is 4.79 Å². The van der Waals surface area contributed by atoms with E-state index in [9.17, 15) is 4.79 Å². The summed E-state index contributed by atoms with van der Waals surface area (Å²) in [6, 6.07) is 9.52. The van der Waals surface area contributed by atoms with Crippen molar-refractivity contribution in [2.75, 3.05) is 0 Å². The lowest BCUT2D eigenvalue weighted by Crippen LogP contribution is -2.08. The van der Waals surface area contributed by atoms with E-state index in [-0.39, 0.29) is 5.43 Å². The van der Waals surface area contributed by atoms with Crippen molar-refractivity contribution in [2.24, 2.45) is 7.05 Å². The van der Waals surface area contributed by atoms with Crippen LogP contribution in [0.5, 0.6) is 0 Å². The van der Waals surface area contributed by atoms with E-state index in [1.807, 2.05) is 31.3 Å². The number of nitrogens with zero attached hydrogens (tertiary/aromatic N) is 1. The maximum atomic E-state index is 12.1. The summed E-state index contributed by atoms with van der Waals surface area (Å²) in [7, 11) is 2.02. The van der Waals surface area contributed by atoms with Crippen molar-refractivity contribution in [3.8, 4) is 0 Å². The number of aryl methyl sites for hydroxylation is 1. The monoisotopic (exact) mass is 297 g/mol. The van der Waals surface area contributed by atoms with Crippen molar-refractivity contribution in [3.63, 3.8) is 0 Å². The van der Waals surface area contributed by atoms with Crippen LogP contribution >= 0.6 is 0 Å². The van der Waals surface area contributed by atoms with Crippen molar-refractivity contribution < 1.29 is 0 Å². The first-order valence-electron chi connectivity index (χ1n) is 8.49. The lowest BCUT2D eigenvalue weighted by molar-refractivity contribution is 0.611. The zero-order valence-electron chi connectivity index (χ0n) is 13.8. The molecule has 2 aromatic rings. The maximum absolute atomic E-state index is 12.1. The summed E-state index contributed by atoms with van der Waals surface area (Å²) in [5.41, 5.74) is 2.08. The first kappa shape index (κ1) is 16.5. The average molecular weight is 297 g/mol. The van der Waals surface area contributed by atoms with Gasteiger partial charge in [-0.25, -0.2) is 0 Å². The second-order valence-corrected chi connectivity index (χ2v) is 5.97. The normalized spacial score (nSPS) is 11.5. The molecule has 0 unspecified atom stereocenters. The Bertz CT molecular complexity index is 682. The third kappa shape index (κ3) is 4.33. The molecule has 2 rings (SSSR count). The number of hydrogen-bond donors (Lipinski definition) is 0. The Morgan fingerprint density at radius 3 is 2.59 bits per heavy atom. The molecular weight excluding hydrogens is 270 g/mol. The van der Waals surface area contributed by atoms with E-state index >= 15 is 0 Å². The lowest BCUT2D eigenvalue weighted by Gasteiger charge is -2.09. The van der Waals surface area contributed by atoms with Crippen LogP contribution in [0.15, 0.2) is 41.2 Å². The van der Waals surface area contributed by atoms with Crippen LogP contribution in [0, 0.1) is 0 Å². The number of fused-ring (bicyclic) bond motifs is 1. The fourth-order valence-electron chi connectivity index (χ4n) is 2.83. The van der Waals surface area contributed by atoms with Crippen LogP contribution in [-0.2, 0) is 7.05 Å². The molecule has 118 valence electrons. The molecule has 0 saturated carbocycles. The van der Waals surface area contributed by atoms with Crippen molar-refractivity contribution in [1.29, 1.82) is 0 Å². The Balaban J connectivity index is 1.95. The quantitative estimate of drug-likeness (QED) is 0.606. The number of pyridine rings is 1. The summed E-state index contributed by atoms with van der Waals surface area (Å²) >= 11 is 0. The molecule has 22 heavy (non-hydrogen) atoms. The minimum atomic E-state index is 0.105. The van der Waals surface area contributed by atoms with Crippen molar-refractivity contribution >= 4 is 17.0 Å². The van der Waals surface area contributed by atoms with Gasteiger partial charge < -0.3 is 4.57 Å². The highest BCUT2D eigenvalue weighted by atomic mass is 16.1. The molecule has 1 aromatic carbocycles. The molecule has 0 amide bonds. The van der Waals surface area contributed by atoms with Gasteiger partial charge in [0.15, 0.2) is 5.43 Å². The van der Waals surface area contributed by atoms with Gasteiger partial charge in [-0.05, 0) is 31.1 Å². The predicted octanol–water partition coefficient (Wildman–Crippen LogP) is 5.30. The van der Waals surface area contributed by atoms with E-state index in [1.54, 1.807) is 6.07 Å². The fourth-order valence-corrected chi connectivity index (χ4v) is 2.83. The van der Waals surface area contributed by atoms with E-state index in [2.05, 4.69) is 23.6 Å². The van der Waals surface area contributed by atoms with Crippen LogP contribution in [0.3, 0.4) is 0 Å².